The van der Waals surface area contributed by atoms with E-state index in [-0.39, 0.29) is 0 Å². The number of unbranched alkanes of at least 4 members (excludes halogenated alkanes) is 6. The summed E-state index contributed by atoms with van der Waals surface area (Å²) in [5.74, 6) is 0.818. The molecule has 98 valence electrons. The molecule has 0 aliphatic carbocycles. The van der Waals surface area contributed by atoms with Gasteiger partial charge < -0.3 is 4.74 Å². The minimum absolute atomic E-state index is 0.818. The molecule has 0 heterocycles. The van der Waals surface area contributed by atoms with Crippen molar-refractivity contribution in [3.05, 3.63) is 0 Å². The molecule has 0 spiro atoms. The lowest BCUT2D eigenvalue weighted by atomic mass is 9.95. The standard InChI is InChI=1S/C15H32O/c1-4-6-8-10-12-15(14-16-3)13-11-9-7-5-2/h15H,4-14H2,1-3H3. The van der Waals surface area contributed by atoms with Gasteiger partial charge in [0.15, 0.2) is 0 Å². The molecule has 0 amide bonds. The Morgan fingerprint density at radius 3 is 1.62 bits per heavy atom. The van der Waals surface area contributed by atoms with Crippen molar-refractivity contribution in [3.8, 4) is 0 Å². The zero-order chi connectivity index (χ0) is 12.1. The lowest BCUT2D eigenvalue weighted by molar-refractivity contribution is 0.140. The predicted molar refractivity (Wildman–Crippen MR) is 72.9 cm³/mol. The normalized spacial score (nSPS) is 11.2. The van der Waals surface area contributed by atoms with E-state index in [0.29, 0.717) is 0 Å². The van der Waals surface area contributed by atoms with Gasteiger partial charge in [0, 0.05) is 13.7 Å². The Morgan fingerprint density at radius 2 is 1.25 bits per heavy atom. The lowest BCUT2D eigenvalue weighted by Gasteiger charge is -2.15. The summed E-state index contributed by atoms with van der Waals surface area (Å²) in [7, 11) is 1.84. The van der Waals surface area contributed by atoms with E-state index in [9.17, 15) is 0 Å². The van der Waals surface area contributed by atoms with Crippen LogP contribution < -0.4 is 0 Å². The summed E-state index contributed by atoms with van der Waals surface area (Å²) in [5.41, 5.74) is 0. The van der Waals surface area contributed by atoms with Gasteiger partial charge in [-0.15, -0.1) is 0 Å². The highest BCUT2D eigenvalue weighted by atomic mass is 16.5. The molecule has 0 unspecified atom stereocenters. The van der Waals surface area contributed by atoms with Crippen LogP contribution in [0, 0.1) is 5.92 Å². The highest BCUT2D eigenvalue weighted by molar-refractivity contribution is 4.59. The molecule has 16 heavy (non-hydrogen) atoms. The molecule has 0 radical (unpaired) electrons. The van der Waals surface area contributed by atoms with Crippen molar-refractivity contribution in [1.82, 2.24) is 0 Å². The van der Waals surface area contributed by atoms with E-state index in [1.165, 1.54) is 64.2 Å². The van der Waals surface area contributed by atoms with Crippen molar-refractivity contribution in [2.75, 3.05) is 13.7 Å². The van der Waals surface area contributed by atoms with Crippen LogP contribution in [0.3, 0.4) is 0 Å². The number of hydrogen-bond acceptors (Lipinski definition) is 1. The molecular formula is C15H32O. The van der Waals surface area contributed by atoms with Crippen LogP contribution in [0.2, 0.25) is 0 Å². The SMILES string of the molecule is CCCCCCC(CCCCCC)COC. The van der Waals surface area contributed by atoms with Crippen LogP contribution in [-0.2, 0) is 4.74 Å². The highest BCUT2D eigenvalue weighted by Crippen LogP contribution is 2.18. The van der Waals surface area contributed by atoms with Gasteiger partial charge in [0.2, 0.25) is 0 Å². The van der Waals surface area contributed by atoms with Crippen LogP contribution in [0.25, 0.3) is 0 Å². The van der Waals surface area contributed by atoms with Gasteiger partial charge in [0.25, 0.3) is 0 Å². The van der Waals surface area contributed by atoms with Crippen molar-refractivity contribution in [1.29, 1.82) is 0 Å². The maximum absolute atomic E-state index is 5.32. The molecule has 0 aromatic rings. The largest absolute Gasteiger partial charge is 0.384 e. The van der Waals surface area contributed by atoms with E-state index >= 15 is 0 Å². The van der Waals surface area contributed by atoms with Gasteiger partial charge in [-0.1, -0.05) is 65.2 Å². The molecule has 1 heteroatoms. The maximum Gasteiger partial charge on any atom is 0.0490 e. The summed E-state index contributed by atoms with van der Waals surface area (Å²) in [6, 6.07) is 0. The topological polar surface area (TPSA) is 9.23 Å². The van der Waals surface area contributed by atoms with Crippen LogP contribution in [0.1, 0.15) is 78.1 Å². The minimum Gasteiger partial charge on any atom is -0.384 e. The van der Waals surface area contributed by atoms with Crippen LogP contribution in [0.5, 0.6) is 0 Å². The number of ether oxygens (including phenoxy) is 1. The second kappa shape index (κ2) is 13.0. The van der Waals surface area contributed by atoms with Crippen molar-refractivity contribution < 1.29 is 4.74 Å². The van der Waals surface area contributed by atoms with Gasteiger partial charge in [-0.3, -0.25) is 0 Å². The van der Waals surface area contributed by atoms with Crippen LogP contribution in [0.15, 0.2) is 0 Å². The zero-order valence-electron chi connectivity index (χ0n) is 11.8. The molecule has 0 rings (SSSR count). The van der Waals surface area contributed by atoms with E-state index in [4.69, 9.17) is 4.74 Å². The summed E-state index contributed by atoms with van der Waals surface area (Å²) in [6.45, 7) is 5.52. The molecule has 0 saturated carbocycles. The van der Waals surface area contributed by atoms with Crippen molar-refractivity contribution in [2.45, 2.75) is 78.1 Å². The number of hydrogen-bond donors (Lipinski definition) is 0. The summed E-state index contributed by atoms with van der Waals surface area (Å²) in [6.07, 6.45) is 13.8. The summed E-state index contributed by atoms with van der Waals surface area (Å²) in [4.78, 5) is 0. The molecule has 0 aliphatic heterocycles. The molecule has 0 aromatic carbocycles. The molecule has 0 bridgehead atoms. The summed E-state index contributed by atoms with van der Waals surface area (Å²) in [5, 5.41) is 0. The third-order valence-corrected chi connectivity index (χ3v) is 3.33. The van der Waals surface area contributed by atoms with E-state index in [0.717, 1.165) is 12.5 Å². The van der Waals surface area contributed by atoms with Crippen LogP contribution in [-0.4, -0.2) is 13.7 Å². The molecule has 0 saturated heterocycles. The first-order chi connectivity index (χ1) is 7.85. The fourth-order valence-corrected chi connectivity index (χ4v) is 2.27. The Labute approximate surface area is 103 Å². The molecular weight excluding hydrogens is 196 g/mol. The number of rotatable bonds is 12. The van der Waals surface area contributed by atoms with E-state index in [2.05, 4.69) is 13.8 Å². The van der Waals surface area contributed by atoms with Crippen molar-refractivity contribution in [2.24, 2.45) is 5.92 Å². The van der Waals surface area contributed by atoms with E-state index in [1.807, 2.05) is 7.11 Å². The Morgan fingerprint density at radius 1 is 0.750 bits per heavy atom. The minimum atomic E-state index is 0.818. The van der Waals surface area contributed by atoms with Gasteiger partial charge in [-0.25, -0.2) is 0 Å². The first-order valence-electron chi connectivity index (χ1n) is 7.34. The van der Waals surface area contributed by atoms with Gasteiger partial charge in [0.05, 0.1) is 0 Å². The van der Waals surface area contributed by atoms with Gasteiger partial charge in [0.1, 0.15) is 0 Å². The first-order valence-corrected chi connectivity index (χ1v) is 7.34. The second-order valence-electron chi connectivity index (χ2n) is 5.02. The molecule has 0 atom stereocenters. The quantitative estimate of drug-likeness (QED) is 0.418. The van der Waals surface area contributed by atoms with Crippen molar-refractivity contribution >= 4 is 0 Å². The molecule has 0 fully saturated rings. The fraction of sp³-hybridized carbons (Fsp3) is 1.00. The molecule has 0 aromatic heterocycles. The second-order valence-corrected chi connectivity index (χ2v) is 5.02. The Balaban J connectivity index is 3.45. The average molecular weight is 228 g/mol. The van der Waals surface area contributed by atoms with Crippen LogP contribution in [0.4, 0.5) is 0 Å². The monoisotopic (exact) mass is 228 g/mol. The molecule has 0 N–H and O–H groups in total. The average Bonchev–Trinajstić information content (AvgIpc) is 2.30. The first kappa shape index (κ1) is 16.0. The predicted octanol–water partition coefficient (Wildman–Crippen LogP) is 5.19. The smallest absolute Gasteiger partial charge is 0.0490 e. The fourth-order valence-electron chi connectivity index (χ4n) is 2.27. The Bertz CT molecular complexity index is 111. The van der Waals surface area contributed by atoms with E-state index in [1.54, 1.807) is 0 Å². The van der Waals surface area contributed by atoms with Crippen molar-refractivity contribution in [3.63, 3.8) is 0 Å². The summed E-state index contributed by atoms with van der Waals surface area (Å²) >= 11 is 0. The maximum atomic E-state index is 5.32. The van der Waals surface area contributed by atoms with Gasteiger partial charge >= 0.3 is 0 Å². The number of methoxy groups -OCH3 is 1. The summed E-state index contributed by atoms with van der Waals surface area (Å²) < 4.78 is 5.32. The van der Waals surface area contributed by atoms with Crippen LogP contribution >= 0.6 is 0 Å². The molecule has 0 aliphatic rings. The van der Waals surface area contributed by atoms with E-state index < -0.39 is 0 Å². The Kier molecular flexibility index (Phi) is 13.0. The lowest BCUT2D eigenvalue weighted by Crippen LogP contribution is -2.08. The van der Waals surface area contributed by atoms with Gasteiger partial charge in [-0.2, -0.15) is 0 Å². The highest BCUT2D eigenvalue weighted by Gasteiger charge is 2.07. The van der Waals surface area contributed by atoms with Gasteiger partial charge in [-0.05, 0) is 18.8 Å². The Hall–Kier alpha value is -0.0400. The zero-order valence-corrected chi connectivity index (χ0v) is 11.8. The third-order valence-electron chi connectivity index (χ3n) is 3.33. The molecule has 1 nitrogen and oxygen atoms in total. The third kappa shape index (κ3) is 10.5.